The van der Waals surface area contributed by atoms with E-state index >= 15 is 0 Å². The standard InChI is InChI=1S/C13H12F2N4O2/c1-2-6-16-13-12(19(20)21)11(17-7-18-13)10-8(14)4-3-5-9(10)15/h3-5,7H,2,6H2,1H3,(H,16,17,18). The quantitative estimate of drug-likeness (QED) is 0.676. The predicted molar refractivity (Wildman–Crippen MR) is 72.8 cm³/mol. The molecule has 110 valence electrons. The molecule has 0 atom stereocenters. The summed E-state index contributed by atoms with van der Waals surface area (Å²) in [6.45, 7) is 2.31. The molecule has 1 heterocycles. The van der Waals surface area contributed by atoms with Crippen LogP contribution in [0.2, 0.25) is 0 Å². The Morgan fingerprint density at radius 2 is 1.95 bits per heavy atom. The minimum atomic E-state index is -0.918. The van der Waals surface area contributed by atoms with Crippen molar-refractivity contribution in [3.05, 3.63) is 46.3 Å². The van der Waals surface area contributed by atoms with Crippen LogP contribution >= 0.6 is 0 Å². The van der Waals surface area contributed by atoms with Gasteiger partial charge in [0, 0.05) is 6.54 Å². The SMILES string of the molecule is CCCNc1ncnc(-c2c(F)cccc2F)c1[N+](=O)[O-]. The van der Waals surface area contributed by atoms with Gasteiger partial charge in [0.15, 0.2) is 5.69 Å². The Morgan fingerprint density at radius 1 is 1.29 bits per heavy atom. The Bertz CT molecular complexity index is 659. The number of hydrogen-bond donors (Lipinski definition) is 1. The topological polar surface area (TPSA) is 81.0 Å². The van der Waals surface area contributed by atoms with Gasteiger partial charge >= 0.3 is 5.69 Å². The van der Waals surface area contributed by atoms with Crippen LogP contribution in [0.1, 0.15) is 13.3 Å². The third kappa shape index (κ3) is 2.93. The van der Waals surface area contributed by atoms with Crippen LogP contribution in [0.4, 0.5) is 20.3 Å². The molecule has 0 saturated carbocycles. The zero-order chi connectivity index (χ0) is 15.4. The fourth-order valence-corrected chi connectivity index (χ4v) is 1.83. The number of hydrogen-bond acceptors (Lipinski definition) is 5. The fourth-order valence-electron chi connectivity index (χ4n) is 1.83. The maximum absolute atomic E-state index is 13.8. The fraction of sp³-hybridized carbons (Fsp3) is 0.231. The summed E-state index contributed by atoms with van der Waals surface area (Å²) in [6.07, 6.45) is 1.75. The van der Waals surface area contributed by atoms with Crippen molar-refractivity contribution in [3.63, 3.8) is 0 Å². The highest BCUT2D eigenvalue weighted by molar-refractivity contribution is 5.77. The van der Waals surface area contributed by atoms with Gasteiger partial charge in [-0.15, -0.1) is 0 Å². The molecule has 0 spiro atoms. The summed E-state index contributed by atoms with van der Waals surface area (Å²) < 4.78 is 27.6. The maximum Gasteiger partial charge on any atom is 0.337 e. The van der Waals surface area contributed by atoms with Crippen LogP contribution in [0.3, 0.4) is 0 Å². The molecule has 2 aromatic rings. The lowest BCUT2D eigenvalue weighted by Crippen LogP contribution is -2.08. The van der Waals surface area contributed by atoms with E-state index in [0.717, 1.165) is 18.5 Å². The second-order valence-corrected chi connectivity index (χ2v) is 4.20. The average Bonchev–Trinajstić information content (AvgIpc) is 2.44. The van der Waals surface area contributed by atoms with Gasteiger partial charge in [-0.1, -0.05) is 13.0 Å². The van der Waals surface area contributed by atoms with Crippen LogP contribution in [0, 0.1) is 21.7 Å². The smallest absolute Gasteiger partial charge is 0.337 e. The zero-order valence-corrected chi connectivity index (χ0v) is 11.1. The Labute approximate surface area is 119 Å². The van der Waals surface area contributed by atoms with E-state index < -0.39 is 27.8 Å². The van der Waals surface area contributed by atoms with Gasteiger partial charge in [0.1, 0.15) is 18.0 Å². The van der Waals surface area contributed by atoms with E-state index in [1.54, 1.807) is 0 Å². The third-order valence-corrected chi connectivity index (χ3v) is 2.75. The normalized spacial score (nSPS) is 10.4. The number of halogens is 2. The number of rotatable bonds is 5. The molecular weight excluding hydrogens is 282 g/mol. The van der Waals surface area contributed by atoms with Crippen molar-refractivity contribution in [1.29, 1.82) is 0 Å². The Hall–Kier alpha value is -2.64. The lowest BCUT2D eigenvalue weighted by molar-refractivity contribution is -0.383. The highest BCUT2D eigenvalue weighted by atomic mass is 19.1. The van der Waals surface area contributed by atoms with Crippen molar-refractivity contribution in [2.75, 3.05) is 11.9 Å². The molecule has 1 aromatic carbocycles. The second-order valence-electron chi connectivity index (χ2n) is 4.20. The van der Waals surface area contributed by atoms with Crippen molar-refractivity contribution in [3.8, 4) is 11.3 Å². The molecule has 1 N–H and O–H groups in total. The summed E-state index contributed by atoms with van der Waals surface area (Å²) >= 11 is 0. The van der Waals surface area contributed by atoms with E-state index in [0.29, 0.717) is 13.0 Å². The van der Waals surface area contributed by atoms with Gasteiger partial charge in [-0.3, -0.25) is 10.1 Å². The predicted octanol–water partition coefficient (Wildman–Crippen LogP) is 3.15. The van der Waals surface area contributed by atoms with Crippen molar-refractivity contribution in [1.82, 2.24) is 9.97 Å². The van der Waals surface area contributed by atoms with E-state index in [1.165, 1.54) is 6.07 Å². The summed E-state index contributed by atoms with van der Waals surface area (Å²) in [5, 5.41) is 14.0. The van der Waals surface area contributed by atoms with Gasteiger partial charge in [0.25, 0.3) is 0 Å². The summed E-state index contributed by atoms with van der Waals surface area (Å²) in [4.78, 5) is 18.0. The van der Waals surface area contributed by atoms with Crippen molar-refractivity contribution in [2.24, 2.45) is 0 Å². The van der Waals surface area contributed by atoms with Gasteiger partial charge < -0.3 is 5.32 Å². The van der Waals surface area contributed by atoms with Crippen LogP contribution in [-0.4, -0.2) is 21.4 Å². The van der Waals surface area contributed by atoms with Crippen LogP contribution in [0.25, 0.3) is 11.3 Å². The molecule has 0 aliphatic carbocycles. The third-order valence-electron chi connectivity index (χ3n) is 2.75. The molecular formula is C13H12F2N4O2. The van der Waals surface area contributed by atoms with Gasteiger partial charge in [0.05, 0.1) is 10.5 Å². The molecule has 6 nitrogen and oxygen atoms in total. The van der Waals surface area contributed by atoms with Crippen molar-refractivity contribution >= 4 is 11.5 Å². The van der Waals surface area contributed by atoms with Crippen molar-refractivity contribution < 1.29 is 13.7 Å². The molecule has 0 aliphatic rings. The van der Waals surface area contributed by atoms with Gasteiger partial charge in [-0.2, -0.15) is 0 Å². The molecule has 0 bridgehead atoms. The molecule has 0 radical (unpaired) electrons. The van der Waals surface area contributed by atoms with E-state index in [4.69, 9.17) is 0 Å². The van der Waals surface area contributed by atoms with Crippen LogP contribution in [0.15, 0.2) is 24.5 Å². The molecule has 0 amide bonds. The van der Waals surface area contributed by atoms with E-state index in [1.807, 2.05) is 6.92 Å². The number of nitro groups is 1. The summed E-state index contributed by atoms with van der Waals surface area (Å²) in [7, 11) is 0. The van der Waals surface area contributed by atoms with E-state index in [9.17, 15) is 18.9 Å². The van der Waals surface area contributed by atoms with E-state index in [-0.39, 0.29) is 11.5 Å². The summed E-state index contributed by atoms with van der Waals surface area (Å²) in [5.74, 6) is -1.90. The zero-order valence-electron chi connectivity index (χ0n) is 11.1. The first kappa shape index (κ1) is 14.8. The van der Waals surface area contributed by atoms with Crippen molar-refractivity contribution in [2.45, 2.75) is 13.3 Å². The van der Waals surface area contributed by atoms with Gasteiger partial charge in [-0.25, -0.2) is 18.7 Å². The molecule has 0 unspecified atom stereocenters. The first-order valence-corrected chi connectivity index (χ1v) is 6.24. The maximum atomic E-state index is 13.8. The lowest BCUT2D eigenvalue weighted by atomic mass is 10.1. The molecule has 0 aliphatic heterocycles. The molecule has 1 aromatic heterocycles. The summed E-state index contributed by atoms with van der Waals surface area (Å²) in [6, 6.07) is 3.21. The summed E-state index contributed by atoms with van der Waals surface area (Å²) in [5.41, 5.74) is -1.47. The first-order valence-electron chi connectivity index (χ1n) is 6.24. The van der Waals surface area contributed by atoms with Crippen LogP contribution in [-0.2, 0) is 0 Å². The highest BCUT2D eigenvalue weighted by Crippen LogP contribution is 2.35. The molecule has 8 heteroatoms. The number of anilines is 1. The van der Waals surface area contributed by atoms with Crippen LogP contribution in [0.5, 0.6) is 0 Å². The Morgan fingerprint density at radius 3 is 2.52 bits per heavy atom. The molecule has 0 fully saturated rings. The number of benzene rings is 1. The van der Waals surface area contributed by atoms with E-state index in [2.05, 4.69) is 15.3 Å². The average molecular weight is 294 g/mol. The monoisotopic (exact) mass is 294 g/mol. The second kappa shape index (κ2) is 6.21. The largest absolute Gasteiger partial charge is 0.364 e. The van der Waals surface area contributed by atoms with Gasteiger partial charge in [0.2, 0.25) is 5.82 Å². The minimum absolute atomic E-state index is 0.0606. The molecule has 21 heavy (non-hydrogen) atoms. The Balaban J connectivity index is 2.66. The van der Waals surface area contributed by atoms with Crippen LogP contribution < -0.4 is 5.32 Å². The Kier molecular flexibility index (Phi) is 4.36. The lowest BCUT2D eigenvalue weighted by Gasteiger charge is -2.09. The molecule has 0 saturated heterocycles. The molecule has 2 rings (SSSR count). The first-order chi connectivity index (χ1) is 10.1. The highest BCUT2D eigenvalue weighted by Gasteiger charge is 2.27. The number of nitrogens with zero attached hydrogens (tertiary/aromatic N) is 3. The minimum Gasteiger partial charge on any atom is -0.364 e. The van der Waals surface area contributed by atoms with Gasteiger partial charge in [-0.05, 0) is 18.6 Å². The number of nitrogens with one attached hydrogen (secondary N) is 1. The number of aromatic nitrogens is 2.